The molecule has 69 valence electrons. The van der Waals surface area contributed by atoms with Gasteiger partial charge in [-0.05, 0) is 0 Å². The van der Waals surface area contributed by atoms with Crippen LogP contribution in [0.2, 0.25) is 0 Å². The Morgan fingerprint density at radius 3 is 2.54 bits per heavy atom. The third kappa shape index (κ3) is 3.94. The molecule has 0 spiro atoms. The molecule has 0 saturated carbocycles. The summed E-state index contributed by atoms with van der Waals surface area (Å²) >= 11 is 0.815. The number of hydrogen-bond donors (Lipinski definition) is 0. The normalized spacial score (nSPS) is 11.2. The van der Waals surface area contributed by atoms with Gasteiger partial charge in [0.2, 0.25) is 0 Å². The summed E-state index contributed by atoms with van der Waals surface area (Å²) in [5, 5.41) is 0. The molecule has 0 fully saturated rings. The number of rotatable bonds is 2. The number of hydrogen-bond acceptors (Lipinski definition) is 1. The van der Waals surface area contributed by atoms with Crippen LogP contribution in [0.25, 0.3) is 0 Å². The molecule has 0 aromatic heterocycles. The van der Waals surface area contributed by atoms with Crippen LogP contribution in [-0.2, 0) is 31.6 Å². The van der Waals surface area contributed by atoms with Gasteiger partial charge < -0.3 is 0 Å². The van der Waals surface area contributed by atoms with Crippen LogP contribution in [0, 0.1) is 0 Å². The molecule has 0 aliphatic heterocycles. The molecule has 0 amide bonds. The zero-order valence-electron chi connectivity index (χ0n) is 6.56. The molecule has 13 heavy (non-hydrogen) atoms. The van der Waals surface area contributed by atoms with Gasteiger partial charge in [0.1, 0.15) is 0 Å². The Hall–Kier alpha value is -0.307. The zero-order chi connectivity index (χ0) is 9.90. The molecular formula is C8H6F3OZr. The van der Waals surface area contributed by atoms with Crippen molar-refractivity contribution in [3.8, 4) is 5.75 Å². The van der Waals surface area contributed by atoms with E-state index in [1.54, 1.807) is 12.1 Å². The van der Waals surface area contributed by atoms with Crippen molar-refractivity contribution in [2.45, 2.75) is 12.6 Å². The van der Waals surface area contributed by atoms with Crippen LogP contribution in [0.4, 0.5) is 13.2 Å². The standard InChI is InChI=1S/C8H7F3O.Zr/c9-8(10,11)5-6-2-1-3-7(12)4-6;/h1-4,12H,5H2;/q;+1/p-1. The van der Waals surface area contributed by atoms with E-state index in [1.165, 1.54) is 12.1 Å². The summed E-state index contributed by atoms with van der Waals surface area (Å²) in [6, 6.07) is 6.03. The second kappa shape index (κ2) is 4.27. The predicted molar refractivity (Wildman–Crippen MR) is 36.8 cm³/mol. The Kier molecular flexibility index (Phi) is 3.54. The van der Waals surface area contributed by atoms with Gasteiger partial charge in [-0.1, -0.05) is 0 Å². The summed E-state index contributed by atoms with van der Waals surface area (Å²) in [7, 11) is 0. The summed E-state index contributed by atoms with van der Waals surface area (Å²) in [4.78, 5) is 0. The molecule has 0 N–H and O–H groups in total. The summed E-state index contributed by atoms with van der Waals surface area (Å²) in [5.41, 5.74) is 0.229. The van der Waals surface area contributed by atoms with Gasteiger partial charge in [0, 0.05) is 0 Å². The van der Waals surface area contributed by atoms with Crippen molar-refractivity contribution in [2.75, 3.05) is 0 Å². The molecule has 0 radical (unpaired) electrons. The van der Waals surface area contributed by atoms with E-state index in [-0.39, 0.29) is 5.56 Å². The quantitative estimate of drug-likeness (QED) is 0.799. The van der Waals surface area contributed by atoms with Crippen LogP contribution in [-0.4, -0.2) is 6.18 Å². The van der Waals surface area contributed by atoms with E-state index in [4.69, 9.17) is 2.81 Å². The molecule has 5 heteroatoms. The fourth-order valence-corrected chi connectivity index (χ4v) is 1.26. The second-order valence-corrected chi connectivity index (χ2v) is 3.04. The Labute approximate surface area is 89.4 Å². The molecule has 0 aliphatic carbocycles. The molecule has 0 unspecified atom stereocenters. The topological polar surface area (TPSA) is 9.23 Å². The molecule has 1 aromatic carbocycles. The molecular weight excluding hydrogens is 260 g/mol. The number of alkyl halides is 3. The van der Waals surface area contributed by atoms with Crippen LogP contribution < -0.4 is 2.81 Å². The first kappa shape index (κ1) is 10.8. The Morgan fingerprint density at radius 1 is 1.31 bits per heavy atom. The van der Waals surface area contributed by atoms with Gasteiger partial charge in [0.15, 0.2) is 0 Å². The Balaban J connectivity index is 2.78. The van der Waals surface area contributed by atoms with Crippen LogP contribution in [0.5, 0.6) is 5.75 Å². The molecule has 1 aromatic rings. The van der Waals surface area contributed by atoms with Crippen LogP contribution in [0.3, 0.4) is 0 Å². The van der Waals surface area contributed by atoms with E-state index in [2.05, 4.69) is 0 Å². The van der Waals surface area contributed by atoms with Crippen molar-refractivity contribution >= 4 is 0 Å². The summed E-state index contributed by atoms with van der Waals surface area (Å²) in [6.07, 6.45) is -5.06. The monoisotopic (exact) mass is 265 g/mol. The van der Waals surface area contributed by atoms with Crippen molar-refractivity contribution in [1.82, 2.24) is 0 Å². The molecule has 0 atom stereocenters. The van der Waals surface area contributed by atoms with Crippen LogP contribution in [0.1, 0.15) is 5.56 Å². The fraction of sp³-hybridized carbons (Fsp3) is 0.250. The van der Waals surface area contributed by atoms with E-state index in [0.717, 1.165) is 25.2 Å². The number of benzene rings is 1. The third-order valence-corrected chi connectivity index (χ3v) is 2.00. The van der Waals surface area contributed by atoms with Crippen LogP contribution >= 0.6 is 0 Å². The molecule has 1 rings (SSSR count). The molecule has 1 nitrogen and oxygen atoms in total. The fourth-order valence-electron chi connectivity index (χ4n) is 0.950. The Morgan fingerprint density at radius 2 is 2.00 bits per heavy atom. The molecule has 0 heterocycles. The summed E-state index contributed by atoms with van der Waals surface area (Å²) < 4.78 is 40.7. The average molecular weight is 266 g/mol. The van der Waals surface area contributed by atoms with Crippen LogP contribution in [0.15, 0.2) is 24.3 Å². The van der Waals surface area contributed by atoms with E-state index < -0.39 is 12.6 Å². The van der Waals surface area contributed by atoms with Gasteiger partial charge in [0.25, 0.3) is 0 Å². The van der Waals surface area contributed by atoms with Gasteiger partial charge in [-0.3, -0.25) is 0 Å². The van der Waals surface area contributed by atoms with Gasteiger partial charge >= 0.3 is 89.3 Å². The van der Waals surface area contributed by atoms with Gasteiger partial charge in [-0.25, -0.2) is 0 Å². The molecule has 0 bridgehead atoms. The van der Waals surface area contributed by atoms with E-state index in [0.29, 0.717) is 5.75 Å². The molecule has 0 saturated heterocycles. The zero-order valence-corrected chi connectivity index (χ0v) is 9.02. The van der Waals surface area contributed by atoms with Crippen molar-refractivity contribution in [1.29, 1.82) is 0 Å². The van der Waals surface area contributed by atoms with Crippen molar-refractivity contribution < 1.29 is 41.1 Å². The Bertz CT molecular complexity index is 285. The van der Waals surface area contributed by atoms with Crippen molar-refractivity contribution in [3.63, 3.8) is 0 Å². The summed E-state index contributed by atoms with van der Waals surface area (Å²) in [5.74, 6) is 0.486. The van der Waals surface area contributed by atoms with Gasteiger partial charge in [-0.15, -0.1) is 0 Å². The van der Waals surface area contributed by atoms with E-state index in [1.807, 2.05) is 0 Å². The first-order chi connectivity index (χ1) is 6.01. The summed E-state index contributed by atoms with van der Waals surface area (Å²) in [6.45, 7) is 0. The first-order valence-corrected chi connectivity index (χ1v) is 4.51. The maximum absolute atomic E-state index is 11.9. The minimum absolute atomic E-state index is 0.229. The SMILES string of the molecule is FC(F)(F)Cc1cccc([O][Zr])c1. The average Bonchev–Trinajstić information content (AvgIpc) is 2.01. The number of halogens is 3. The van der Waals surface area contributed by atoms with Gasteiger partial charge in [0.05, 0.1) is 0 Å². The van der Waals surface area contributed by atoms with Crippen molar-refractivity contribution in [3.05, 3.63) is 29.8 Å². The van der Waals surface area contributed by atoms with E-state index in [9.17, 15) is 13.2 Å². The van der Waals surface area contributed by atoms with Gasteiger partial charge in [-0.2, -0.15) is 0 Å². The second-order valence-electron chi connectivity index (χ2n) is 2.54. The third-order valence-electron chi connectivity index (χ3n) is 1.42. The predicted octanol–water partition coefficient (Wildman–Crippen LogP) is 2.63. The first-order valence-electron chi connectivity index (χ1n) is 3.50. The maximum atomic E-state index is 11.9. The molecule has 0 aliphatic rings. The minimum atomic E-state index is -4.15. The van der Waals surface area contributed by atoms with E-state index >= 15 is 0 Å². The van der Waals surface area contributed by atoms with Crippen molar-refractivity contribution in [2.24, 2.45) is 0 Å².